The molecule has 2 heteroatoms. The van der Waals surface area contributed by atoms with Crippen LogP contribution in [0.3, 0.4) is 0 Å². The van der Waals surface area contributed by atoms with Crippen molar-refractivity contribution < 1.29 is 4.43 Å². The molecule has 0 aromatic heterocycles. The van der Waals surface area contributed by atoms with Gasteiger partial charge in [0, 0.05) is 0 Å². The zero-order valence-electron chi connectivity index (χ0n) is 11.8. The van der Waals surface area contributed by atoms with Crippen molar-refractivity contribution in [2.75, 3.05) is 0 Å². The van der Waals surface area contributed by atoms with Gasteiger partial charge in [0.05, 0.1) is 5.76 Å². The molecule has 0 spiro atoms. The molecule has 0 fully saturated rings. The average Bonchev–Trinajstić information content (AvgIpc) is 2.06. The van der Waals surface area contributed by atoms with Crippen LogP contribution in [-0.2, 0) is 4.43 Å². The van der Waals surface area contributed by atoms with E-state index in [1.165, 1.54) is 0 Å². The molecule has 0 atom stereocenters. The third-order valence-corrected chi connectivity index (χ3v) is 8.07. The summed E-state index contributed by atoms with van der Waals surface area (Å²) in [6, 6.07) is 0. The summed E-state index contributed by atoms with van der Waals surface area (Å²) in [5.74, 6) is 1.07. The van der Waals surface area contributed by atoms with Crippen LogP contribution < -0.4 is 0 Å². The Hall–Kier alpha value is -0.503. The minimum Gasteiger partial charge on any atom is -0.544 e. The summed E-state index contributed by atoms with van der Waals surface area (Å²) in [4.78, 5) is 0. The fraction of sp³-hybridized carbons (Fsp3) is 0.714. The van der Waals surface area contributed by atoms with E-state index in [1.54, 1.807) is 0 Å². The first kappa shape index (κ1) is 13.6. The molecule has 0 aromatic carbocycles. The zero-order chi connectivity index (χ0) is 12.6. The van der Waals surface area contributed by atoms with E-state index in [0.717, 1.165) is 12.2 Å². The molecule has 0 saturated heterocycles. The Kier molecular flexibility index (Phi) is 3.44. The maximum Gasteiger partial charge on any atom is 0.250 e. The molecule has 16 heavy (non-hydrogen) atoms. The summed E-state index contributed by atoms with van der Waals surface area (Å²) in [6.45, 7) is 15.9. The van der Waals surface area contributed by atoms with Gasteiger partial charge in [-0.25, -0.2) is 0 Å². The van der Waals surface area contributed by atoms with Crippen LogP contribution in [0.25, 0.3) is 0 Å². The Balaban J connectivity index is 2.72. The fourth-order valence-corrected chi connectivity index (χ4v) is 2.38. The summed E-state index contributed by atoms with van der Waals surface area (Å²) >= 11 is 0. The number of hydrogen-bond donors (Lipinski definition) is 0. The van der Waals surface area contributed by atoms with Crippen LogP contribution in [0, 0.1) is 5.41 Å². The van der Waals surface area contributed by atoms with Crippen molar-refractivity contribution in [3.8, 4) is 0 Å². The molecule has 1 nitrogen and oxygen atoms in total. The van der Waals surface area contributed by atoms with Gasteiger partial charge in [0.25, 0.3) is 0 Å². The Morgan fingerprint density at radius 1 is 1.25 bits per heavy atom. The molecule has 1 rings (SSSR count). The first-order chi connectivity index (χ1) is 7.04. The Morgan fingerprint density at radius 2 is 1.81 bits per heavy atom. The lowest BCUT2D eigenvalue weighted by Gasteiger charge is -2.37. The van der Waals surface area contributed by atoms with Crippen LogP contribution in [0.4, 0.5) is 0 Å². The van der Waals surface area contributed by atoms with Gasteiger partial charge in [-0.05, 0) is 42.1 Å². The smallest absolute Gasteiger partial charge is 0.250 e. The topological polar surface area (TPSA) is 9.23 Å². The normalized spacial score (nSPS) is 20.6. The molecule has 0 unspecified atom stereocenters. The number of rotatable bonds is 2. The predicted octanol–water partition coefficient (Wildman–Crippen LogP) is 4.88. The standard InChI is InChI=1S/C14H26OSi/c1-13(2,3)16(6,7)15-12-8-10-14(4,5)11-9-12/h8-10H,11H2,1-7H3. The van der Waals surface area contributed by atoms with E-state index in [-0.39, 0.29) is 5.04 Å². The third-order valence-electron chi connectivity index (χ3n) is 3.71. The zero-order valence-corrected chi connectivity index (χ0v) is 12.8. The van der Waals surface area contributed by atoms with E-state index in [2.05, 4.69) is 65.9 Å². The molecule has 0 bridgehead atoms. The van der Waals surface area contributed by atoms with Crippen LogP contribution in [0.5, 0.6) is 0 Å². The molecule has 0 aromatic rings. The van der Waals surface area contributed by atoms with Crippen molar-refractivity contribution in [1.82, 2.24) is 0 Å². The summed E-state index contributed by atoms with van der Waals surface area (Å²) in [6.07, 6.45) is 7.72. The summed E-state index contributed by atoms with van der Waals surface area (Å²) < 4.78 is 6.25. The highest BCUT2D eigenvalue weighted by atomic mass is 28.4. The summed E-state index contributed by atoms with van der Waals surface area (Å²) in [5, 5.41) is 0.272. The Labute approximate surface area is 102 Å². The molecule has 0 radical (unpaired) electrons. The highest BCUT2D eigenvalue weighted by Crippen LogP contribution is 2.39. The van der Waals surface area contributed by atoms with E-state index in [0.29, 0.717) is 5.41 Å². The van der Waals surface area contributed by atoms with Crippen LogP contribution in [0.15, 0.2) is 24.0 Å². The fourth-order valence-electron chi connectivity index (χ4n) is 1.33. The molecule has 0 N–H and O–H groups in total. The van der Waals surface area contributed by atoms with Crippen molar-refractivity contribution in [2.45, 2.75) is 59.2 Å². The van der Waals surface area contributed by atoms with Gasteiger partial charge in [-0.3, -0.25) is 0 Å². The SMILES string of the molecule is CC1(C)C=CC(O[Si](C)(C)C(C)(C)C)=CC1. The Bertz CT molecular complexity index is 316. The van der Waals surface area contributed by atoms with E-state index in [9.17, 15) is 0 Å². The first-order valence-electron chi connectivity index (χ1n) is 6.12. The van der Waals surface area contributed by atoms with Crippen molar-refractivity contribution >= 4 is 8.32 Å². The maximum atomic E-state index is 6.25. The molecule has 92 valence electrons. The largest absolute Gasteiger partial charge is 0.544 e. The average molecular weight is 238 g/mol. The van der Waals surface area contributed by atoms with Gasteiger partial charge >= 0.3 is 0 Å². The van der Waals surface area contributed by atoms with Crippen LogP contribution in [0.1, 0.15) is 41.0 Å². The lowest BCUT2D eigenvalue weighted by atomic mass is 9.86. The third kappa shape index (κ3) is 3.24. The molecular formula is C14H26OSi. The van der Waals surface area contributed by atoms with Crippen molar-refractivity contribution in [2.24, 2.45) is 5.41 Å². The molecule has 1 aliphatic rings. The van der Waals surface area contributed by atoms with Gasteiger partial charge in [-0.2, -0.15) is 0 Å². The van der Waals surface area contributed by atoms with Gasteiger partial charge in [0.2, 0.25) is 8.32 Å². The maximum absolute atomic E-state index is 6.25. The molecule has 0 heterocycles. The van der Waals surface area contributed by atoms with Gasteiger partial charge < -0.3 is 4.43 Å². The second-order valence-corrected chi connectivity index (χ2v) is 11.7. The second kappa shape index (κ2) is 4.06. The van der Waals surface area contributed by atoms with E-state index in [4.69, 9.17) is 4.43 Å². The monoisotopic (exact) mass is 238 g/mol. The van der Waals surface area contributed by atoms with Crippen LogP contribution >= 0.6 is 0 Å². The van der Waals surface area contributed by atoms with E-state index in [1.807, 2.05) is 0 Å². The van der Waals surface area contributed by atoms with Crippen molar-refractivity contribution in [3.63, 3.8) is 0 Å². The lowest BCUT2D eigenvalue weighted by molar-refractivity contribution is 0.380. The molecule has 0 saturated carbocycles. The van der Waals surface area contributed by atoms with Gasteiger partial charge in [-0.15, -0.1) is 0 Å². The van der Waals surface area contributed by atoms with Crippen LogP contribution in [0.2, 0.25) is 18.1 Å². The quantitative estimate of drug-likeness (QED) is 0.623. The van der Waals surface area contributed by atoms with Crippen molar-refractivity contribution in [1.29, 1.82) is 0 Å². The van der Waals surface area contributed by atoms with Crippen LogP contribution in [-0.4, -0.2) is 8.32 Å². The molecule has 1 aliphatic carbocycles. The van der Waals surface area contributed by atoms with Gasteiger partial charge in [0.15, 0.2) is 0 Å². The minimum absolute atomic E-state index is 0.272. The van der Waals surface area contributed by atoms with Gasteiger partial charge in [-0.1, -0.05) is 40.7 Å². The van der Waals surface area contributed by atoms with Crippen molar-refractivity contribution in [3.05, 3.63) is 24.0 Å². The first-order valence-corrected chi connectivity index (χ1v) is 9.03. The molecule has 0 aliphatic heterocycles. The van der Waals surface area contributed by atoms with E-state index >= 15 is 0 Å². The van der Waals surface area contributed by atoms with E-state index < -0.39 is 8.32 Å². The molecule has 0 amide bonds. The highest BCUT2D eigenvalue weighted by molar-refractivity contribution is 6.74. The summed E-state index contributed by atoms with van der Waals surface area (Å²) in [5.41, 5.74) is 0.292. The predicted molar refractivity (Wildman–Crippen MR) is 73.9 cm³/mol. The number of allylic oxidation sites excluding steroid dienone is 3. The minimum atomic E-state index is -1.66. The lowest BCUT2D eigenvalue weighted by Crippen LogP contribution is -2.40. The summed E-state index contributed by atoms with van der Waals surface area (Å²) in [7, 11) is -1.66. The number of hydrogen-bond acceptors (Lipinski definition) is 1. The highest BCUT2D eigenvalue weighted by Gasteiger charge is 2.39. The van der Waals surface area contributed by atoms with Gasteiger partial charge in [0.1, 0.15) is 0 Å². The second-order valence-electron chi connectivity index (χ2n) is 6.99. The molecular weight excluding hydrogens is 212 g/mol. The Morgan fingerprint density at radius 3 is 2.19 bits per heavy atom.